The molecule has 0 aromatic heterocycles. The average Bonchev–Trinajstić information content (AvgIpc) is 2.41. The Balaban J connectivity index is 2.93. The van der Waals surface area contributed by atoms with Crippen molar-refractivity contribution in [3.05, 3.63) is 23.8 Å². The highest BCUT2D eigenvalue weighted by Crippen LogP contribution is 2.29. The molecule has 0 radical (unpaired) electrons. The van der Waals surface area contributed by atoms with Crippen molar-refractivity contribution in [1.82, 2.24) is 5.32 Å². The zero-order valence-electron chi connectivity index (χ0n) is 12.5. The average molecular weight is 295 g/mol. The second-order valence-corrected chi connectivity index (χ2v) is 4.44. The first-order chi connectivity index (χ1) is 9.97. The van der Waals surface area contributed by atoms with Crippen molar-refractivity contribution < 1.29 is 24.2 Å². The fourth-order valence-electron chi connectivity index (χ4n) is 1.90. The van der Waals surface area contributed by atoms with E-state index in [-0.39, 0.29) is 12.3 Å². The van der Waals surface area contributed by atoms with Crippen LogP contribution in [0.4, 0.5) is 0 Å². The van der Waals surface area contributed by atoms with Crippen LogP contribution in [0.2, 0.25) is 0 Å². The van der Waals surface area contributed by atoms with E-state index in [1.54, 1.807) is 18.2 Å². The molecule has 6 heteroatoms. The fourth-order valence-corrected chi connectivity index (χ4v) is 1.90. The van der Waals surface area contributed by atoms with Gasteiger partial charge in [-0.1, -0.05) is 6.07 Å². The van der Waals surface area contributed by atoms with Crippen LogP contribution in [0, 0.1) is 0 Å². The minimum Gasteiger partial charge on any atom is -0.490 e. The molecule has 116 valence electrons. The van der Waals surface area contributed by atoms with Crippen LogP contribution in [-0.2, 0) is 16.0 Å². The van der Waals surface area contributed by atoms with Crippen molar-refractivity contribution in [2.75, 3.05) is 13.2 Å². The summed E-state index contributed by atoms with van der Waals surface area (Å²) >= 11 is 0. The number of hydrogen-bond acceptors (Lipinski definition) is 4. The number of carboxylic acids is 1. The number of ether oxygens (including phenoxy) is 2. The quantitative estimate of drug-likeness (QED) is 0.761. The van der Waals surface area contributed by atoms with Gasteiger partial charge in [0.2, 0.25) is 5.91 Å². The van der Waals surface area contributed by atoms with Crippen LogP contribution < -0.4 is 14.8 Å². The third kappa shape index (κ3) is 5.33. The highest BCUT2D eigenvalue weighted by molar-refractivity contribution is 5.82. The lowest BCUT2D eigenvalue weighted by molar-refractivity contribution is -0.141. The Labute approximate surface area is 124 Å². The van der Waals surface area contributed by atoms with Gasteiger partial charge in [0.15, 0.2) is 11.5 Å². The monoisotopic (exact) mass is 295 g/mol. The van der Waals surface area contributed by atoms with E-state index in [4.69, 9.17) is 14.6 Å². The summed E-state index contributed by atoms with van der Waals surface area (Å²) in [5.74, 6) is -0.256. The summed E-state index contributed by atoms with van der Waals surface area (Å²) in [5, 5.41) is 11.5. The van der Waals surface area contributed by atoms with E-state index in [1.807, 2.05) is 13.8 Å². The predicted molar refractivity (Wildman–Crippen MR) is 77.7 cm³/mol. The molecule has 0 saturated heterocycles. The maximum absolute atomic E-state index is 11.1. The topological polar surface area (TPSA) is 84.9 Å². The zero-order chi connectivity index (χ0) is 15.8. The molecule has 1 atom stereocenters. The molecule has 0 aliphatic heterocycles. The summed E-state index contributed by atoms with van der Waals surface area (Å²) in [5.41, 5.74) is 0.753. The third-order valence-corrected chi connectivity index (χ3v) is 2.72. The summed E-state index contributed by atoms with van der Waals surface area (Å²) < 4.78 is 10.9. The van der Waals surface area contributed by atoms with Crippen molar-refractivity contribution >= 4 is 11.9 Å². The van der Waals surface area contributed by atoms with Gasteiger partial charge in [-0.3, -0.25) is 4.79 Å². The number of carboxylic acid groups (broad SMARTS) is 1. The Bertz CT molecular complexity index is 501. The van der Waals surface area contributed by atoms with Crippen LogP contribution in [0.5, 0.6) is 11.5 Å². The van der Waals surface area contributed by atoms with Gasteiger partial charge in [-0.15, -0.1) is 0 Å². The van der Waals surface area contributed by atoms with E-state index in [2.05, 4.69) is 5.32 Å². The predicted octanol–water partition coefficient (Wildman–Crippen LogP) is 1.62. The number of hydrogen-bond donors (Lipinski definition) is 2. The molecule has 0 aliphatic carbocycles. The number of amides is 1. The SMILES string of the molecule is CCOc1ccc(C[C@H](NC(C)=O)C(=O)O)cc1OCC. The van der Waals surface area contributed by atoms with Crippen LogP contribution in [-0.4, -0.2) is 36.2 Å². The summed E-state index contributed by atoms with van der Waals surface area (Å²) in [6.07, 6.45) is 0.182. The Morgan fingerprint density at radius 2 is 1.81 bits per heavy atom. The Morgan fingerprint density at radius 1 is 1.19 bits per heavy atom. The van der Waals surface area contributed by atoms with Crippen molar-refractivity contribution in [2.45, 2.75) is 33.2 Å². The highest BCUT2D eigenvalue weighted by atomic mass is 16.5. The molecule has 1 rings (SSSR count). The first-order valence-electron chi connectivity index (χ1n) is 6.86. The molecule has 1 aromatic rings. The molecule has 0 bridgehead atoms. The van der Waals surface area contributed by atoms with Gasteiger partial charge in [0.1, 0.15) is 6.04 Å². The Hall–Kier alpha value is -2.24. The van der Waals surface area contributed by atoms with Crippen molar-refractivity contribution in [3.8, 4) is 11.5 Å². The van der Waals surface area contributed by atoms with Gasteiger partial charge in [0.05, 0.1) is 13.2 Å². The lowest BCUT2D eigenvalue weighted by Gasteiger charge is -2.16. The smallest absolute Gasteiger partial charge is 0.326 e. The molecule has 0 fully saturated rings. The number of rotatable bonds is 8. The molecule has 6 nitrogen and oxygen atoms in total. The van der Waals surface area contributed by atoms with E-state index in [0.717, 1.165) is 5.56 Å². The summed E-state index contributed by atoms with van der Waals surface area (Å²) in [4.78, 5) is 22.2. The second kappa shape index (κ2) is 8.14. The van der Waals surface area contributed by atoms with Gasteiger partial charge in [-0.2, -0.15) is 0 Å². The van der Waals surface area contributed by atoms with Crippen molar-refractivity contribution in [3.63, 3.8) is 0 Å². The summed E-state index contributed by atoms with van der Waals surface area (Å²) in [6, 6.07) is 4.29. The molecule has 21 heavy (non-hydrogen) atoms. The maximum atomic E-state index is 11.1. The number of carbonyl (C=O) groups excluding carboxylic acids is 1. The van der Waals surface area contributed by atoms with Gasteiger partial charge in [0, 0.05) is 13.3 Å². The van der Waals surface area contributed by atoms with Crippen LogP contribution in [0.15, 0.2) is 18.2 Å². The van der Waals surface area contributed by atoms with E-state index in [1.165, 1.54) is 6.92 Å². The lowest BCUT2D eigenvalue weighted by atomic mass is 10.1. The highest BCUT2D eigenvalue weighted by Gasteiger charge is 2.19. The number of benzene rings is 1. The second-order valence-electron chi connectivity index (χ2n) is 4.44. The minimum absolute atomic E-state index is 0.182. The van der Waals surface area contributed by atoms with Crippen LogP contribution in [0.1, 0.15) is 26.3 Å². The molecule has 1 aromatic carbocycles. The largest absolute Gasteiger partial charge is 0.490 e. The first kappa shape index (κ1) is 16.8. The normalized spacial score (nSPS) is 11.6. The molecule has 2 N–H and O–H groups in total. The number of aliphatic carboxylic acids is 1. The van der Waals surface area contributed by atoms with Crippen LogP contribution in [0.3, 0.4) is 0 Å². The minimum atomic E-state index is -1.07. The molecular formula is C15H21NO5. The molecule has 0 aliphatic rings. The molecule has 0 saturated carbocycles. The van der Waals surface area contributed by atoms with Gasteiger partial charge < -0.3 is 19.9 Å². The van der Waals surface area contributed by atoms with Gasteiger partial charge in [-0.05, 0) is 31.5 Å². The molecular weight excluding hydrogens is 274 g/mol. The maximum Gasteiger partial charge on any atom is 0.326 e. The van der Waals surface area contributed by atoms with Crippen LogP contribution >= 0.6 is 0 Å². The van der Waals surface area contributed by atoms with E-state index >= 15 is 0 Å². The van der Waals surface area contributed by atoms with Gasteiger partial charge >= 0.3 is 5.97 Å². The standard InChI is InChI=1S/C15H21NO5/c1-4-20-13-7-6-11(9-14(13)21-5-2)8-12(15(18)19)16-10(3)17/h6-7,9,12H,4-5,8H2,1-3H3,(H,16,17)(H,18,19)/t12-/m0/s1. The number of nitrogens with one attached hydrogen (secondary N) is 1. The summed E-state index contributed by atoms with van der Waals surface area (Å²) in [7, 11) is 0. The number of carbonyl (C=O) groups is 2. The molecule has 1 amide bonds. The van der Waals surface area contributed by atoms with E-state index in [9.17, 15) is 9.59 Å². The summed E-state index contributed by atoms with van der Waals surface area (Å²) in [6.45, 7) is 6.03. The van der Waals surface area contributed by atoms with Crippen molar-refractivity contribution in [2.24, 2.45) is 0 Å². The molecule has 0 unspecified atom stereocenters. The van der Waals surface area contributed by atoms with Gasteiger partial charge in [0.25, 0.3) is 0 Å². The van der Waals surface area contributed by atoms with Crippen molar-refractivity contribution in [1.29, 1.82) is 0 Å². The molecule has 0 heterocycles. The Kier molecular flexibility index (Phi) is 6.52. The van der Waals surface area contributed by atoms with Gasteiger partial charge in [-0.25, -0.2) is 4.79 Å². The molecule has 0 spiro atoms. The first-order valence-corrected chi connectivity index (χ1v) is 6.86. The third-order valence-electron chi connectivity index (χ3n) is 2.72. The van der Waals surface area contributed by atoms with Crippen LogP contribution in [0.25, 0.3) is 0 Å². The zero-order valence-corrected chi connectivity index (χ0v) is 12.5. The Morgan fingerprint density at radius 3 is 2.33 bits per heavy atom. The fraction of sp³-hybridized carbons (Fsp3) is 0.467. The van der Waals surface area contributed by atoms with E-state index in [0.29, 0.717) is 24.7 Å². The lowest BCUT2D eigenvalue weighted by Crippen LogP contribution is -2.41. The van der Waals surface area contributed by atoms with E-state index < -0.39 is 12.0 Å².